The second kappa shape index (κ2) is 7.19. The van der Waals surface area contributed by atoms with Crippen molar-refractivity contribution in [3.8, 4) is 17.1 Å². The molecular weight excluding hydrogens is 421 g/mol. The monoisotopic (exact) mass is 433 g/mol. The number of halogens is 1. The lowest BCUT2D eigenvalue weighted by Crippen LogP contribution is -2.08. The Bertz CT molecular complexity index is 1540. The molecule has 0 fully saturated rings. The molecule has 11 nitrogen and oxygen atoms in total. The fourth-order valence-corrected chi connectivity index (χ4v) is 3.35. The van der Waals surface area contributed by atoms with Crippen molar-refractivity contribution in [2.45, 2.75) is 6.54 Å². The van der Waals surface area contributed by atoms with Crippen molar-refractivity contribution in [2.75, 3.05) is 0 Å². The van der Waals surface area contributed by atoms with Crippen molar-refractivity contribution in [3.05, 3.63) is 60.0 Å². The van der Waals surface area contributed by atoms with Crippen molar-refractivity contribution in [2.24, 2.45) is 0 Å². The van der Waals surface area contributed by atoms with Crippen LogP contribution < -0.4 is 0 Å². The van der Waals surface area contributed by atoms with E-state index in [4.69, 9.17) is 5.11 Å². The number of carboxylic acid groups (broad SMARTS) is 2. The summed E-state index contributed by atoms with van der Waals surface area (Å²) in [5.41, 5.74) is 1.75. The van der Waals surface area contributed by atoms with Gasteiger partial charge < -0.3 is 10.2 Å². The van der Waals surface area contributed by atoms with Crippen LogP contribution in [-0.2, 0) is 11.3 Å². The van der Waals surface area contributed by atoms with Crippen molar-refractivity contribution in [1.82, 2.24) is 35.0 Å². The van der Waals surface area contributed by atoms with Gasteiger partial charge in [-0.3, -0.25) is 4.79 Å². The van der Waals surface area contributed by atoms with Crippen LogP contribution in [0.4, 0.5) is 4.39 Å². The molecular formula is C20H12FN7O4. The predicted octanol–water partition coefficient (Wildman–Crippen LogP) is 2.15. The maximum atomic E-state index is 13.6. The van der Waals surface area contributed by atoms with Gasteiger partial charge in [-0.25, -0.2) is 18.9 Å². The van der Waals surface area contributed by atoms with E-state index in [0.29, 0.717) is 16.7 Å². The van der Waals surface area contributed by atoms with Gasteiger partial charge in [-0.15, -0.1) is 15.3 Å². The van der Waals surface area contributed by atoms with Gasteiger partial charge in [0.05, 0.1) is 28.7 Å². The normalized spacial score (nSPS) is 11.3. The van der Waals surface area contributed by atoms with Crippen LogP contribution in [0.1, 0.15) is 10.4 Å². The van der Waals surface area contributed by atoms with E-state index in [0.717, 1.165) is 4.68 Å². The average Bonchev–Trinajstić information content (AvgIpc) is 3.39. The number of hydrogen-bond donors (Lipinski definition) is 2. The van der Waals surface area contributed by atoms with Crippen LogP contribution >= 0.6 is 0 Å². The molecule has 12 heteroatoms. The lowest BCUT2D eigenvalue weighted by molar-refractivity contribution is -0.137. The van der Waals surface area contributed by atoms with Crippen LogP contribution in [-0.4, -0.2) is 57.1 Å². The molecule has 2 aromatic carbocycles. The number of carboxylic acids is 2. The number of pyridine rings is 1. The minimum atomic E-state index is -1.22. The molecule has 0 aliphatic rings. The Morgan fingerprint density at radius 1 is 1.00 bits per heavy atom. The van der Waals surface area contributed by atoms with Gasteiger partial charge in [0.2, 0.25) is 0 Å². The standard InChI is InChI=1S/C20H12FN7O4/c21-10-2-1-3-11(6-10)28-24-14-5-4-13-18(19(14)25-28)12(20(31)32)7-15(22-13)16-8-27(26-23-16)9-17(29)30/h1-8H,9H2,(H,29,30)(H,31,32). The molecule has 0 saturated carbocycles. The number of benzene rings is 2. The highest BCUT2D eigenvalue weighted by Gasteiger charge is 2.20. The van der Waals surface area contributed by atoms with Crippen LogP contribution in [0, 0.1) is 5.82 Å². The van der Waals surface area contributed by atoms with E-state index in [-0.39, 0.29) is 27.9 Å². The van der Waals surface area contributed by atoms with Gasteiger partial charge in [0.15, 0.2) is 0 Å². The van der Waals surface area contributed by atoms with E-state index in [9.17, 15) is 19.1 Å². The Balaban J connectivity index is 1.70. The third-order valence-electron chi connectivity index (χ3n) is 4.69. The van der Waals surface area contributed by atoms with Gasteiger partial charge in [-0.1, -0.05) is 11.3 Å². The van der Waals surface area contributed by atoms with Gasteiger partial charge in [-0.2, -0.15) is 4.80 Å². The SMILES string of the molecule is O=C(O)Cn1cc(-c2cc(C(=O)O)c3c(ccc4nn(-c5cccc(F)c5)nc43)n2)nn1. The van der Waals surface area contributed by atoms with Crippen molar-refractivity contribution in [1.29, 1.82) is 0 Å². The number of hydrogen-bond acceptors (Lipinski definition) is 7. The van der Waals surface area contributed by atoms with E-state index in [1.807, 2.05) is 0 Å². The molecule has 0 aliphatic heterocycles. The summed E-state index contributed by atoms with van der Waals surface area (Å²) in [6, 6.07) is 10.2. The van der Waals surface area contributed by atoms with Gasteiger partial charge >= 0.3 is 11.9 Å². The first-order chi connectivity index (χ1) is 15.4. The summed E-state index contributed by atoms with van der Waals surface area (Å²) in [4.78, 5) is 28.6. The highest BCUT2D eigenvalue weighted by Crippen LogP contribution is 2.29. The number of aromatic nitrogens is 7. The summed E-state index contributed by atoms with van der Waals surface area (Å²) in [6.45, 7) is -0.393. The van der Waals surface area contributed by atoms with Gasteiger partial charge in [0, 0.05) is 11.5 Å². The largest absolute Gasteiger partial charge is 0.480 e. The first-order valence-electron chi connectivity index (χ1n) is 9.21. The van der Waals surface area contributed by atoms with Crippen LogP contribution in [0.3, 0.4) is 0 Å². The lowest BCUT2D eigenvalue weighted by Gasteiger charge is -2.05. The third-order valence-corrected chi connectivity index (χ3v) is 4.69. The molecule has 0 amide bonds. The van der Waals surface area contributed by atoms with Gasteiger partial charge in [-0.05, 0) is 30.3 Å². The molecule has 5 rings (SSSR count). The molecule has 3 heterocycles. The molecule has 158 valence electrons. The number of aromatic carboxylic acids is 1. The molecule has 2 N–H and O–H groups in total. The molecule has 0 saturated heterocycles. The fourth-order valence-electron chi connectivity index (χ4n) is 3.35. The number of carbonyl (C=O) groups is 2. The minimum Gasteiger partial charge on any atom is -0.480 e. The molecule has 0 unspecified atom stereocenters. The Morgan fingerprint density at radius 3 is 2.56 bits per heavy atom. The predicted molar refractivity (Wildman–Crippen MR) is 108 cm³/mol. The van der Waals surface area contributed by atoms with E-state index < -0.39 is 24.3 Å². The molecule has 3 aromatic heterocycles. The summed E-state index contributed by atoms with van der Waals surface area (Å²) in [7, 11) is 0. The zero-order chi connectivity index (χ0) is 22.4. The molecule has 0 radical (unpaired) electrons. The molecule has 0 bridgehead atoms. The van der Waals surface area contributed by atoms with E-state index in [2.05, 4.69) is 25.5 Å². The van der Waals surface area contributed by atoms with Crippen LogP contribution in [0.5, 0.6) is 0 Å². The van der Waals surface area contributed by atoms with Crippen molar-refractivity contribution < 1.29 is 24.2 Å². The zero-order valence-electron chi connectivity index (χ0n) is 16.0. The average molecular weight is 433 g/mol. The summed E-state index contributed by atoms with van der Waals surface area (Å²) in [5.74, 6) is -2.77. The number of rotatable bonds is 5. The molecule has 32 heavy (non-hydrogen) atoms. The van der Waals surface area contributed by atoms with Gasteiger partial charge in [0.1, 0.15) is 29.1 Å². The summed E-state index contributed by atoms with van der Waals surface area (Å²) >= 11 is 0. The Morgan fingerprint density at radius 2 is 1.81 bits per heavy atom. The first kappa shape index (κ1) is 19.2. The van der Waals surface area contributed by atoms with E-state index >= 15 is 0 Å². The van der Waals surface area contributed by atoms with Crippen molar-refractivity contribution in [3.63, 3.8) is 0 Å². The quantitative estimate of drug-likeness (QED) is 0.425. The molecule has 0 spiro atoms. The second-order valence-electron chi connectivity index (χ2n) is 6.85. The number of aliphatic carboxylic acids is 1. The van der Waals surface area contributed by atoms with Crippen LogP contribution in [0.25, 0.3) is 39.0 Å². The Hall–Kier alpha value is -4.74. The summed E-state index contributed by atoms with van der Waals surface area (Å²) in [5, 5.41) is 35.3. The highest BCUT2D eigenvalue weighted by atomic mass is 19.1. The first-order valence-corrected chi connectivity index (χ1v) is 9.21. The number of fused-ring (bicyclic) bond motifs is 3. The Kier molecular flexibility index (Phi) is 4.32. The second-order valence-corrected chi connectivity index (χ2v) is 6.85. The lowest BCUT2D eigenvalue weighted by atomic mass is 10.1. The maximum Gasteiger partial charge on any atom is 0.336 e. The van der Waals surface area contributed by atoms with Crippen LogP contribution in [0.2, 0.25) is 0 Å². The van der Waals surface area contributed by atoms with Crippen LogP contribution in [0.15, 0.2) is 48.7 Å². The molecule has 0 atom stereocenters. The zero-order valence-corrected chi connectivity index (χ0v) is 16.0. The number of nitrogens with zero attached hydrogens (tertiary/aromatic N) is 7. The van der Waals surface area contributed by atoms with E-state index in [1.165, 1.54) is 35.3 Å². The third kappa shape index (κ3) is 3.29. The topological polar surface area (TPSA) is 149 Å². The van der Waals surface area contributed by atoms with Crippen molar-refractivity contribution >= 4 is 33.9 Å². The smallest absolute Gasteiger partial charge is 0.336 e. The molecule has 0 aliphatic carbocycles. The summed E-state index contributed by atoms with van der Waals surface area (Å²) < 4.78 is 14.7. The van der Waals surface area contributed by atoms with E-state index in [1.54, 1.807) is 18.2 Å². The fraction of sp³-hybridized carbons (Fsp3) is 0.0500. The highest BCUT2D eigenvalue weighted by molar-refractivity contribution is 6.13. The Labute approximate surface area is 177 Å². The maximum absolute atomic E-state index is 13.6. The minimum absolute atomic E-state index is 0.0883. The molecule has 5 aromatic rings. The van der Waals surface area contributed by atoms with Gasteiger partial charge in [0.25, 0.3) is 0 Å². The summed E-state index contributed by atoms with van der Waals surface area (Å²) in [6.07, 6.45) is 1.37.